The van der Waals surface area contributed by atoms with Gasteiger partial charge in [-0.05, 0) is 45.4 Å². The van der Waals surface area contributed by atoms with Crippen LogP contribution in [0.15, 0.2) is 24.3 Å². The van der Waals surface area contributed by atoms with Crippen molar-refractivity contribution in [2.75, 3.05) is 11.9 Å². The SMILES string of the molecule is Cc1nnc(-c2cccc(NC(=O)[C@H]3CCN[C@@H](C)C3)c2)n1C. The van der Waals surface area contributed by atoms with E-state index in [1.54, 1.807) is 0 Å². The number of aromatic nitrogens is 3. The van der Waals surface area contributed by atoms with E-state index in [-0.39, 0.29) is 11.8 Å². The number of piperidine rings is 1. The average Bonchev–Trinajstić information content (AvgIpc) is 2.87. The molecule has 1 aromatic heterocycles. The van der Waals surface area contributed by atoms with Crippen LogP contribution in [0.2, 0.25) is 0 Å². The zero-order valence-electron chi connectivity index (χ0n) is 13.8. The summed E-state index contributed by atoms with van der Waals surface area (Å²) in [6, 6.07) is 8.17. The molecule has 0 bridgehead atoms. The lowest BCUT2D eigenvalue weighted by atomic mass is 9.92. The molecule has 3 rings (SSSR count). The molecule has 6 heteroatoms. The Bertz CT molecular complexity index is 709. The molecule has 0 unspecified atom stereocenters. The molecular formula is C17H23N5O. The third kappa shape index (κ3) is 3.42. The molecule has 1 amide bonds. The summed E-state index contributed by atoms with van der Waals surface area (Å²) >= 11 is 0. The lowest BCUT2D eigenvalue weighted by Gasteiger charge is -2.27. The van der Waals surface area contributed by atoms with Gasteiger partial charge in [-0.15, -0.1) is 10.2 Å². The molecule has 1 aliphatic rings. The normalized spacial score (nSPS) is 21.2. The minimum absolute atomic E-state index is 0.0759. The number of nitrogens with zero attached hydrogens (tertiary/aromatic N) is 3. The van der Waals surface area contributed by atoms with Gasteiger partial charge in [0.15, 0.2) is 5.82 Å². The first-order valence-electron chi connectivity index (χ1n) is 8.05. The Kier molecular flexibility index (Phi) is 4.43. The highest BCUT2D eigenvalue weighted by molar-refractivity contribution is 5.93. The van der Waals surface area contributed by atoms with Crippen molar-refractivity contribution in [2.24, 2.45) is 13.0 Å². The highest BCUT2D eigenvalue weighted by Crippen LogP contribution is 2.23. The van der Waals surface area contributed by atoms with Crippen molar-refractivity contribution in [3.8, 4) is 11.4 Å². The summed E-state index contributed by atoms with van der Waals surface area (Å²) in [6.45, 7) is 4.94. The number of hydrogen-bond donors (Lipinski definition) is 2. The molecule has 1 fully saturated rings. The van der Waals surface area contributed by atoms with Gasteiger partial charge in [-0.3, -0.25) is 4.79 Å². The zero-order chi connectivity index (χ0) is 16.4. The van der Waals surface area contributed by atoms with Crippen LogP contribution in [0.5, 0.6) is 0 Å². The Morgan fingerprint density at radius 2 is 2.22 bits per heavy atom. The van der Waals surface area contributed by atoms with Crippen LogP contribution in [-0.2, 0) is 11.8 Å². The maximum atomic E-state index is 12.5. The fourth-order valence-corrected chi connectivity index (χ4v) is 3.01. The van der Waals surface area contributed by atoms with Crippen molar-refractivity contribution in [2.45, 2.75) is 32.7 Å². The quantitative estimate of drug-likeness (QED) is 0.910. The van der Waals surface area contributed by atoms with Crippen LogP contribution in [0.3, 0.4) is 0 Å². The van der Waals surface area contributed by atoms with Gasteiger partial charge in [0.25, 0.3) is 0 Å². The topological polar surface area (TPSA) is 71.8 Å². The third-order valence-electron chi connectivity index (χ3n) is 4.48. The number of aryl methyl sites for hydroxylation is 1. The first kappa shape index (κ1) is 15.7. The van der Waals surface area contributed by atoms with E-state index in [2.05, 4.69) is 27.8 Å². The maximum absolute atomic E-state index is 12.5. The lowest BCUT2D eigenvalue weighted by molar-refractivity contribution is -0.120. The first-order valence-corrected chi connectivity index (χ1v) is 8.05. The summed E-state index contributed by atoms with van der Waals surface area (Å²) in [6.07, 6.45) is 1.77. The van der Waals surface area contributed by atoms with Gasteiger partial charge < -0.3 is 15.2 Å². The second-order valence-corrected chi connectivity index (χ2v) is 6.28. The monoisotopic (exact) mass is 313 g/mol. The number of carbonyl (C=O) groups excluding carboxylic acids is 1. The van der Waals surface area contributed by atoms with E-state index in [0.29, 0.717) is 6.04 Å². The van der Waals surface area contributed by atoms with Crippen LogP contribution in [0.25, 0.3) is 11.4 Å². The van der Waals surface area contributed by atoms with Crippen molar-refractivity contribution < 1.29 is 4.79 Å². The Labute approximate surface area is 136 Å². The molecule has 2 heterocycles. The molecule has 23 heavy (non-hydrogen) atoms. The number of hydrogen-bond acceptors (Lipinski definition) is 4. The van der Waals surface area contributed by atoms with Crippen molar-refractivity contribution in [1.82, 2.24) is 20.1 Å². The molecule has 2 N–H and O–H groups in total. The molecule has 6 nitrogen and oxygen atoms in total. The fraction of sp³-hybridized carbons (Fsp3) is 0.471. The van der Waals surface area contributed by atoms with Crippen LogP contribution in [0.4, 0.5) is 5.69 Å². The third-order valence-corrected chi connectivity index (χ3v) is 4.48. The van der Waals surface area contributed by atoms with Crippen LogP contribution in [0, 0.1) is 12.8 Å². The molecular weight excluding hydrogens is 290 g/mol. The number of rotatable bonds is 3. The van der Waals surface area contributed by atoms with Crippen molar-refractivity contribution in [3.63, 3.8) is 0 Å². The number of anilines is 1. The van der Waals surface area contributed by atoms with Gasteiger partial charge in [0.1, 0.15) is 5.82 Å². The van der Waals surface area contributed by atoms with Gasteiger partial charge in [-0.25, -0.2) is 0 Å². The maximum Gasteiger partial charge on any atom is 0.227 e. The molecule has 0 spiro atoms. The molecule has 2 aromatic rings. The van der Waals surface area contributed by atoms with E-state index >= 15 is 0 Å². The zero-order valence-corrected chi connectivity index (χ0v) is 13.8. The number of amides is 1. The van der Waals surface area contributed by atoms with Crippen molar-refractivity contribution in [1.29, 1.82) is 0 Å². The highest BCUT2D eigenvalue weighted by atomic mass is 16.1. The summed E-state index contributed by atoms with van der Waals surface area (Å²) in [4.78, 5) is 12.5. The van der Waals surface area contributed by atoms with Gasteiger partial charge in [0.2, 0.25) is 5.91 Å². The number of carbonyl (C=O) groups is 1. The molecule has 2 atom stereocenters. The predicted octanol–water partition coefficient (Wildman–Crippen LogP) is 2.12. The van der Waals surface area contributed by atoms with Gasteiger partial charge >= 0.3 is 0 Å². The van der Waals surface area contributed by atoms with Crippen molar-refractivity contribution >= 4 is 11.6 Å². The van der Waals surface area contributed by atoms with Gasteiger partial charge in [0, 0.05) is 30.3 Å². The van der Waals surface area contributed by atoms with E-state index in [4.69, 9.17) is 0 Å². The van der Waals surface area contributed by atoms with Gasteiger partial charge in [-0.1, -0.05) is 12.1 Å². The van der Waals surface area contributed by atoms with Gasteiger partial charge in [0.05, 0.1) is 0 Å². The summed E-state index contributed by atoms with van der Waals surface area (Å²) in [5.41, 5.74) is 1.75. The van der Waals surface area contributed by atoms with Crippen LogP contribution >= 0.6 is 0 Å². The Morgan fingerprint density at radius 3 is 2.91 bits per heavy atom. The Hall–Kier alpha value is -2.21. The van der Waals surface area contributed by atoms with Crippen LogP contribution in [0.1, 0.15) is 25.6 Å². The fourth-order valence-electron chi connectivity index (χ4n) is 3.01. The summed E-state index contributed by atoms with van der Waals surface area (Å²) in [5.74, 6) is 1.84. The molecule has 0 radical (unpaired) electrons. The van der Waals surface area contributed by atoms with E-state index in [1.165, 1.54) is 0 Å². The van der Waals surface area contributed by atoms with Crippen LogP contribution in [-0.4, -0.2) is 33.3 Å². The first-order chi connectivity index (χ1) is 11.0. The van der Waals surface area contributed by atoms with E-state index < -0.39 is 0 Å². The highest BCUT2D eigenvalue weighted by Gasteiger charge is 2.24. The van der Waals surface area contributed by atoms with Crippen LogP contribution < -0.4 is 10.6 Å². The molecule has 1 aliphatic heterocycles. The standard InChI is InChI=1S/C17H23N5O/c1-11-9-14(7-8-18-11)17(23)19-15-6-4-5-13(10-15)16-21-20-12(2)22(16)3/h4-6,10-11,14,18H,7-9H2,1-3H3,(H,19,23)/t11-,14-/m0/s1. The smallest absolute Gasteiger partial charge is 0.227 e. The average molecular weight is 313 g/mol. The number of benzene rings is 1. The number of nitrogens with one attached hydrogen (secondary N) is 2. The van der Waals surface area contributed by atoms with Crippen molar-refractivity contribution in [3.05, 3.63) is 30.1 Å². The minimum atomic E-state index is 0.0759. The molecule has 122 valence electrons. The van der Waals surface area contributed by atoms with Gasteiger partial charge in [-0.2, -0.15) is 0 Å². The summed E-state index contributed by atoms with van der Waals surface area (Å²) < 4.78 is 1.94. The summed E-state index contributed by atoms with van der Waals surface area (Å²) in [5, 5.41) is 14.7. The Morgan fingerprint density at radius 1 is 1.39 bits per heavy atom. The van der Waals surface area contributed by atoms with E-state index in [0.717, 1.165) is 42.3 Å². The largest absolute Gasteiger partial charge is 0.326 e. The molecule has 0 saturated carbocycles. The molecule has 1 saturated heterocycles. The second-order valence-electron chi connectivity index (χ2n) is 6.28. The van der Waals surface area contributed by atoms with E-state index in [9.17, 15) is 4.79 Å². The lowest BCUT2D eigenvalue weighted by Crippen LogP contribution is -2.40. The Balaban J connectivity index is 1.75. The second kappa shape index (κ2) is 6.50. The predicted molar refractivity (Wildman–Crippen MR) is 90.0 cm³/mol. The van der Waals surface area contributed by atoms with E-state index in [1.807, 2.05) is 42.8 Å². The minimum Gasteiger partial charge on any atom is -0.326 e. The summed E-state index contributed by atoms with van der Waals surface area (Å²) in [7, 11) is 1.94. The molecule has 0 aliphatic carbocycles. The molecule has 1 aromatic carbocycles.